The molecule has 1 aromatic carbocycles. The zero-order valence-corrected chi connectivity index (χ0v) is 14.4. The predicted molar refractivity (Wildman–Crippen MR) is 91.8 cm³/mol. The van der Waals surface area contributed by atoms with Gasteiger partial charge < -0.3 is 19.7 Å². The number of ether oxygens (including phenoxy) is 2. The second kappa shape index (κ2) is 7.02. The van der Waals surface area contributed by atoms with Gasteiger partial charge in [-0.15, -0.1) is 0 Å². The van der Waals surface area contributed by atoms with Crippen molar-refractivity contribution in [1.29, 1.82) is 0 Å². The third-order valence-corrected chi connectivity index (χ3v) is 5.58. The summed E-state index contributed by atoms with van der Waals surface area (Å²) in [6, 6.07) is 6.54. The molecule has 3 fully saturated rings. The molecule has 1 saturated carbocycles. The van der Waals surface area contributed by atoms with Gasteiger partial charge in [0.1, 0.15) is 5.82 Å². The minimum atomic E-state index is -0.381. The molecule has 25 heavy (non-hydrogen) atoms. The van der Waals surface area contributed by atoms with Gasteiger partial charge in [-0.1, -0.05) is 12.1 Å². The fourth-order valence-electron chi connectivity index (χ4n) is 4.23. The van der Waals surface area contributed by atoms with Crippen molar-refractivity contribution in [1.82, 2.24) is 5.32 Å². The number of nitrogens with one attached hydrogen (secondary N) is 1. The molecule has 3 aliphatic rings. The molecule has 0 bridgehead atoms. The zero-order chi connectivity index (χ0) is 17.3. The maximum Gasteiger partial charge on any atom is 0.244 e. The van der Waals surface area contributed by atoms with Crippen LogP contribution in [0.4, 0.5) is 10.1 Å². The van der Waals surface area contributed by atoms with Crippen molar-refractivity contribution in [3.63, 3.8) is 0 Å². The van der Waals surface area contributed by atoms with E-state index in [2.05, 4.69) is 5.32 Å². The van der Waals surface area contributed by atoms with Gasteiger partial charge in [-0.25, -0.2) is 4.39 Å². The van der Waals surface area contributed by atoms with Crippen LogP contribution in [0.25, 0.3) is 0 Å². The number of nitrogens with zero attached hydrogens (tertiary/aromatic N) is 1. The molecule has 2 heterocycles. The number of hydrogen-bond acceptors (Lipinski definition) is 4. The molecule has 1 aromatic rings. The molecule has 2 saturated heterocycles. The first-order valence-corrected chi connectivity index (χ1v) is 9.27. The van der Waals surface area contributed by atoms with Crippen molar-refractivity contribution in [2.45, 2.75) is 56.4 Å². The second-order valence-electron chi connectivity index (χ2n) is 7.18. The van der Waals surface area contributed by atoms with E-state index in [0.29, 0.717) is 25.4 Å². The quantitative estimate of drug-likeness (QED) is 0.912. The first-order chi connectivity index (χ1) is 12.2. The Kier molecular flexibility index (Phi) is 4.75. The SMILES string of the molecule is O=C1C(NC2CCC3(CC2)OCCO3)CCCN1c1ccccc1F. The molecule has 1 amide bonds. The van der Waals surface area contributed by atoms with Crippen molar-refractivity contribution in [3.8, 4) is 0 Å². The van der Waals surface area contributed by atoms with Crippen LogP contribution in [0.15, 0.2) is 24.3 Å². The highest BCUT2D eigenvalue weighted by molar-refractivity contribution is 5.98. The van der Waals surface area contributed by atoms with Gasteiger partial charge in [0.15, 0.2) is 5.79 Å². The van der Waals surface area contributed by atoms with E-state index < -0.39 is 0 Å². The second-order valence-corrected chi connectivity index (χ2v) is 7.18. The summed E-state index contributed by atoms with van der Waals surface area (Å²) in [6.07, 6.45) is 5.28. The van der Waals surface area contributed by atoms with Crippen LogP contribution in [-0.4, -0.2) is 43.5 Å². The Hall–Kier alpha value is -1.50. The third-order valence-electron chi connectivity index (χ3n) is 5.58. The smallest absolute Gasteiger partial charge is 0.244 e. The van der Waals surface area contributed by atoms with Crippen LogP contribution in [0, 0.1) is 5.82 Å². The van der Waals surface area contributed by atoms with Gasteiger partial charge in [-0.2, -0.15) is 0 Å². The summed E-state index contributed by atoms with van der Waals surface area (Å²) in [5.74, 6) is -0.745. The Balaban J connectivity index is 1.38. The molecule has 1 unspecified atom stereocenters. The van der Waals surface area contributed by atoms with Crippen LogP contribution in [0.3, 0.4) is 0 Å². The minimum Gasteiger partial charge on any atom is -0.348 e. The van der Waals surface area contributed by atoms with Gasteiger partial charge in [-0.05, 0) is 37.8 Å². The number of piperidine rings is 1. The van der Waals surface area contributed by atoms with Gasteiger partial charge >= 0.3 is 0 Å². The maximum absolute atomic E-state index is 14.1. The first-order valence-electron chi connectivity index (χ1n) is 9.27. The fourth-order valence-corrected chi connectivity index (χ4v) is 4.23. The average molecular weight is 348 g/mol. The van der Waals surface area contributed by atoms with E-state index in [4.69, 9.17) is 9.47 Å². The third kappa shape index (κ3) is 3.43. The van der Waals surface area contributed by atoms with Gasteiger partial charge in [0.05, 0.1) is 24.9 Å². The van der Waals surface area contributed by atoms with E-state index in [0.717, 1.165) is 38.5 Å². The normalized spacial score (nSPS) is 27.2. The van der Waals surface area contributed by atoms with Crippen molar-refractivity contribution in [3.05, 3.63) is 30.1 Å². The molecular weight excluding hydrogens is 323 g/mol. The Morgan fingerprint density at radius 3 is 2.56 bits per heavy atom. The molecule has 1 N–H and O–H groups in total. The number of rotatable bonds is 3. The molecule has 1 spiro atoms. The van der Waals surface area contributed by atoms with Crippen LogP contribution in [-0.2, 0) is 14.3 Å². The number of carbonyl (C=O) groups excluding carboxylic acids is 1. The summed E-state index contributed by atoms with van der Waals surface area (Å²) >= 11 is 0. The number of carbonyl (C=O) groups is 1. The van der Waals surface area contributed by atoms with Crippen molar-refractivity contribution >= 4 is 11.6 Å². The summed E-state index contributed by atoms with van der Waals surface area (Å²) in [4.78, 5) is 14.4. The Labute approximate surface area is 147 Å². The van der Waals surface area contributed by atoms with Crippen molar-refractivity contribution in [2.24, 2.45) is 0 Å². The van der Waals surface area contributed by atoms with E-state index in [1.165, 1.54) is 6.07 Å². The Bertz CT molecular complexity index is 623. The monoisotopic (exact) mass is 348 g/mol. The Morgan fingerprint density at radius 2 is 1.84 bits per heavy atom. The first kappa shape index (κ1) is 16.9. The van der Waals surface area contributed by atoms with E-state index in [-0.39, 0.29) is 29.6 Å². The molecule has 0 radical (unpaired) electrons. The molecule has 6 heteroatoms. The number of anilines is 1. The molecule has 2 aliphatic heterocycles. The van der Waals surface area contributed by atoms with Crippen molar-refractivity contribution in [2.75, 3.05) is 24.7 Å². The van der Waals surface area contributed by atoms with Crippen LogP contribution in [0.1, 0.15) is 38.5 Å². The predicted octanol–water partition coefficient (Wildman–Crippen LogP) is 2.60. The van der Waals surface area contributed by atoms with Crippen LogP contribution < -0.4 is 10.2 Å². The van der Waals surface area contributed by atoms with Crippen molar-refractivity contribution < 1.29 is 18.7 Å². The molecular formula is C19H25FN2O3. The Morgan fingerprint density at radius 1 is 1.12 bits per heavy atom. The lowest BCUT2D eigenvalue weighted by Crippen LogP contribution is -2.55. The van der Waals surface area contributed by atoms with Gasteiger partial charge in [0, 0.05) is 25.4 Å². The average Bonchev–Trinajstić information content (AvgIpc) is 3.08. The summed E-state index contributed by atoms with van der Waals surface area (Å²) in [6.45, 7) is 1.93. The summed E-state index contributed by atoms with van der Waals surface area (Å²) < 4.78 is 25.6. The van der Waals surface area contributed by atoms with E-state index in [1.807, 2.05) is 0 Å². The summed E-state index contributed by atoms with van der Waals surface area (Å²) in [5.41, 5.74) is 0.384. The number of hydrogen-bond donors (Lipinski definition) is 1. The number of para-hydroxylation sites is 1. The number of benzene rings is 1. The molecule has 0 aromatic heterocycles. The van der Waals surface area contributed by atoms with E-state index in [1.54, 1.807) is 23.1 Å². The summed E-state index contributed by atoms with van der Waals surface area (Å²) in [7, 11) is 0. The molecule has 1 aliphatic carbocycles. The standard InChI is InChI=1S/C19H25FN2O3/c20-15-4-1-2-6-17(15)22-11-3-5-16(18(22)23)21-14-7-9-19(10-8-14)24-12-13-25-19/h1-2,4,6,14,16,21H,3,5,7-13H2. The minimum absolute atomic E-state index is 0.0231. The highest BCUT2D eigenvalue weighted by Gasteiger charge is 2.41. The van der Waals surface area contributed by atoms with Crippen LogP contribution >= 0.6 is 0 Å². The highest BCUT2D eigenvalue weighted by atomic mass is 19.1. The van der Waals surface area contributed by atoms with Gasteiger partial charge in [0.25, 0.3) is 0 Å². The number of amides is 1. The van der Waals surface area contributed by atoms with Crippen LogP contribution in [0.2, 0.25) is 0 Å². The fraction of sp³-hybridized carbons (Fsp3) is 0.632. The molecule has 1 atom stereocenters. The van der Waals surface area contributed by atoms with Gasteiger partial charge in [-0.3, -0.25) is 4.79 Å². The lowest BCUT2D eigenvalue weighted by Gasteiger charge is -2.39. The number of halogens is 1. The molecule has 5 nitrogen and oxygen atoms in total. The van der Waals surface area contributed by atoms with E-state index >= 15 is 0 Å². The highest BCUT2D eigenvalue weighted by Crippen LogP contribution is 2.36. The van der Waals surface area contributed by atoms with Crippen LogP contribution in [0.5, 0.6) is 0 Å². The zero-order valence-electron chi connectivity index (χ0n) is 14.4. The molecule has 4 rings (SSSR count). The lowest BCUT2D eigenvalue weighted by molar-refractivity contribution is -0.179. The largest absolute Gasteiger partial charge is 0.348 e. The summed E-state index contributed by atoms with van der Waals surface area (Å²) in [5, 5.41) is 3.51. The lowest BCUT2D eigenvalue weighted by atomic mass is 9.89. The van der Waals surface area contributed by atoms with E-state index in [9.17, 15) is 9.18 Å². The maximum atomic E-state index is 14.1. The molecule has 136 valence electrons. The van der Waals surface area contributed by atoms with Gasteiger partial charge in [0.2, 0.25) is 5.91 Å². The topological polar surface area (TPSA) is 50.8 Å².